The molecule has 2 rings (SSSR count). The Kier molecular flexibility index (Phi) is 4.98. The van der Waals surface area contributed by atoms with Gasteiger partial charge in [0.2, 0.25) is 0 Å². The van der Waals surface area contributed by atoms with Crippen LogP contribution >= 0.6 is 0 Å². The van der Waals surface area contributed by atoms with Crippen LogP contribution in [0.2, 0.25) is 0 Å². The fourth-order valence-corrected chi connectivity index (χ4v) is 2.42. The number of rotatable bonds is 2. The third kappa shape index (κ3) is 3.81. The molecule has 0 amide bonds. The van der Waals surface area contributed by atoms with Crippen molar-refractivity contribution in [3.8, 4) is 11.8 Å². The number of benzene rings is 1. The Morgan fingerprint density at radius 1 is 1.32 bits per heavy atom. The number of likely N-dealkylation sites (N-methyl/N-ethyl adjacent to an activating group) is 1. The molecule has 1 heterocycles. The van der Waals surface area contributed by atoms with Crippen LogP contribution in [0.3, 0.4) is 0 Å². The summed E-state index contributed by atoms with van der Waals surface area (Å²) in [5.41, 5.74) is 2.28. The van der Waals surface area contributed by atoms with Gasteiger partial charge in [0.1, 0.15) is 6.61 Å². The van der Waals surface area contributed by atoms with Crippen LogP contribution in [0.1, 0.15) is 18.1 Å². The van der Waals surface area contributed by atoms with E-state index < -0.39 is 0 Å². The summed E-state index contributed by atoms with van der Waals surface area (Å²) in [6.07, 6.45) is 0. The Morgan fingerprint density at radius 2 is 2.11 bits per heavy atom. The molecule has 0 aliphatic carbocycles. The Labute approximate surface area is 115 Å². The van der Waals surface area contributed by atoms with E-state index in [1.807, 2.05) is 12.1 Å². The van der Waals surface area contributed by atoms with Crippen molar-refractivity contribution < 1.29 is 5.11 Å². The lowest BCUT2D eigenvalue weighted by Crippen LogP contribution is -2.49. The van der Waals surface area contributed by atoms with Crippen LogP contribution in [0.5, 0.6) is 0 Å². The van der Waals surface area contributed by atoms with E-state index in [2.05, 4.69) is 47.7 Å². The van der Waals surface area contributed by atoms with E-state index in [9.17, 15) is 0 Å². The molecule has 0 saturated carbocycles. The second-order valence-corrected chi connectivity index (χ2v) is 5.18. The topological polar surface area (TPSA) is 26.7 Å². The van der Waals surface area contributed by atoms with E-state index in [4.69, 9.17) is 5.11 Å². The summed E-state index contributed by atoms with van der Waals surface area (Å²) in [7, 11) is 2.18. The number of nitrogens with zero attached hydrogens (tertiary/aromatic N) is 2. The van der Waals surface area contributed by atoms with Gasteiger partial charge in [0.25, 0.3) is 0 Å². The molecule has 1 fully saturated rings. The van der Waals surface area contributed by atoms with Crippen LogP contribution in [0.4, 0.5) is 0 Å². The van der Waals surface area contributed by atoms with Crippen molar-refractivity contribution in [2.75, 3.05) is 33.3 Å². The van der Waals surface area contributed by atoms with Crippen LogP contribution in [-0.4, -0.2) is 54.2 Å². The van der Waals surface area contributed by atoms with E-state index >= 15 is 0 Å². The molecule has 19 heavy (non-hydrogen) atoms. The first-order valence-electron chi connectivity index (χ1n) is 6.81. The van der Waals surface area contributed by atoms with E-state index in [0.717, 1.165) is 31.7 Å². The van der Waals surface area contributed by atoms with E-state index in [-0.39, 0.29) is 6.61 Å². The second-order valence-electron chi connectivity index (χ2n) is 5.18. The van der Waals surface area contributed by atoms with Crippen molar-refractivity contribution in [3.63, 3.8) is 0 Å². The molecule has 0 aromatic heterocycles. The molecule has 3 heteroatoms. The van der Waals surface area contributed by atoms with Crippen LogP contribution in [-0.2, 0) is 6.54 Å². The molecule has 0 radical (unpaired) electrons. The first-order valence-corrected chi connectivity index (χ1v) is 6.81. The normalized spacial score (nSPS) is 20.9. The molecule has 1 aromatic carbocycles. The number of aliphatic hydroxyl groups is 1. The quantitative estimate of drug-likeness (QED) is 0.807. The molecule has 1 unspecified atom stereocenters. The van der Waals surface area contributed by atoms with E-state index in [0.29, 0.717) is 6.04 Å². The van der Waals surface area contributed by atoms with Crippen LogP contribution < -0.4 is 0 Å². The molecule has 1 N–H and O–H groups in total. The van der Waals surface area contributed by atoms with Gasteiger partial charge in [-0.15, -0.1) is 0 Å². The summed E-state index contributed by atoms with van der Waals surface area (Å²) in [6.45, 7) is 6.44. The van der Waals surface area contributed by atoms with Gasteiger partial charge >= 0.3 is 0 Å². The van der Waals surface area contributed by atoms with Crippen LogP contribution in [0.25, 0.3) is 0 Å². The predicted molar refractivity (Wildman–Crippen MR) is 77.8 cm³/mol. The molecule has 1 aliphatic rings. The van der Waals surface area contributed by atoms with E-state index in [1.165, 1.54) is 5.56 Å². The van der Waals surface area contributed by atoms with Gasteiger partial charge in [-0.05, 0) is 25.6 Å². The minimum atomic E-state index is -0.0835. The smallest absolute Gasteiger partial charge is 0.104 e. The number of piperazine rings is 1. The third-order valence-corrected chi connectivity index (χ3v) is 3.76. The SMILES string of the molecule is CC1CN(Cc2ccccc2C#CCO)CCN1C. The van der Waals surface area contributed by atoms with Crippen molar-refractivity contribution in [1.82, 2.24) is 9.80 Å². The zero-order valence-corrected chi connectivity index (χ0v) is 11.8. The predicted octanol–water partition coefficient (Wildman–Crippen LogP) is 1.17. The van der Waals surface area contributed by atoms with Gasteiger partial charge < -0.3 is 10.0 Å². The Morgan fingerprint density at radius 3 is 2.84 bits per heavy atom. The van der Waals surface area contributed by atoms with Crippen LogP contribution in [0.15, 0.2) is 24.3 Å². The Hall–Kier alpha value is -1.34. The molecular weight excluding hydrogens is 236 g/mol. The van der Waals surface area contributed by atoms with Gasteiger partial charge in [0.15, 0.2) is 0 Å². The van der Waals surface area contributed by atoms with Gasteiger partial charge in [-0.2, -0.15) is 0 Å². The maximum atomic E-state index is 8.81. The number of hydrogen-bond donors (Lipinski definition) is 1. The minimum absolute atomic E-state index is 0.0835. The fraction of sp³-hybridized carbons (Fsp3) is 0.500. The molecule has 0 spiro atoms. The lowest BCUT2D eigenvalue weighted by molar-refractivity contribution is 0.0999. The highest BCUT2D eigenvalue weighted by Gasteiger charge is 2.20. The highest BCUT2D eigenvalue weighted by molar-refractivity contribution is 5.41. The van der Waals surface area contributed by atoms with Gasteiger partial charge in [0, 0.05) is 37.8 Å². The van der Waals surface area contributed by atoms with Crippen molar-refractivity contribution in [1.29, 1.82) is 0 Å². The second kappa shape index (κ2) is 6.72. The summed E-state index contributed by atoms with van der Waals surface area (Å²) < 4.78 is 0. The molecule has 1 aromatic rings. The largest absolute Gasteiger partial charge is 0.384 e. The molecule has 0 bridgehead atoms. The number of hydrogen-bond acceptors (Lipinski definition) is 3. The lowest BCUT2D eigenvalue weighted by Gasteiger charge is -2.37. The zero-order chi connectivity index (χ0) is 13.7. The molecule has 1 aliphatic heterocycles. The van der Waals surface area contributed by atoms with Crippen molar-refractivity contribution >= 4 is 0 Å². The third-order valence-electron chi connectivity index (χ3n) is 3.76. The highest BCUT2D eigenvalue weighted by Crippen LogP contribution is 2.14. The van der Waals surface area contributed by atoms with Crippen molar-refractivity contribution in [3.05, 3.63) is 35.4 Å². The molecule has 1 saturated heterocycles. The Balaban J connectivity index is 2.07. The first kappa shape index (κ1) is 14.1. The van der Waals surface area contributed by atoms with Gasteiger partial charge in [-0.25, -0.2) is 0 Å². The fourth-order valence-electron chi connectivity index (χ4n) is 2.42. The molecule has 1 atom stereocenters. The molecular formula is C16H22N2O. The summed E-state index contributed by atoms with van der Waals surface area (Å²) in [4.78, 5) is 4.87. The standard InChI is InChI=1S/C16H22N2O/c1-14-12-18(10-9-17(14)2)13-16-7-4-3-6-15(16)8-5-11-19/h3-4,6-7,14,19H,9-13H2,1-2H3. The summed E-state index contributed by atoms with van der Waals surface area (Å²) >= 11 is 0. The average molecular weight is 258 g/mol. The summed E-state index contributed by atoms with van der Waals surface area (Å²) in [5, 5.41) is 8.81. The maximum absolute atomic E-state index is 8.81. The minimum Gasteiger partial charge on any atom is -0.384 e. The summed E-state index contributed by atoms with van der Waals surface area (Å²) in [5.74, 6) is 5.77. The van der Waals surface area contributed by atoms with Gasteiger partial charge in [-0.3, -0.25) is 4.90 Å². The lowest BCUT2D eigenvalue weighted by atomic mass is 10.1. The monoisotopic (exact) mass is 258 g/mol. The van der Waals surface area contributed by atoms with E-state index in [1.54, 1.807) is 0 Å². The van der Waals surface area contributed by atoms with Gasteiger partial charge in [0.05, 0.1) is 0 Å². The first-order chi connectivity index (χ1) is 9.20. The van der Waals surface area contributed by atoms with Gasteiger partial charge in [-0.1, -0.05) is 30.0 Å². The van der Waals surface area contributed by atoms with Crippen molar-refractivity contribution in [2.45, 2.75) is 19.5 Å². The number of aliphatic hydroxyl groups excluding tert-OH is 1. The Bertz CT molecular complexity index is 475. The average Bonchev–Trinajstić information content (AvgIpc) is 2.42. The van der Waals surface area contributed by atoms with Crippen molar-refractivity contribution in [2.24, 2.45) is 0 Å². The summed E-state index contributed by atoms with van der Waals surface area (Å²) in [6, 6.07) is 8.81. The molecule has 3 nitrogen and oxygen atoms in total. The zero-order valence-electron chi connectivity index (χ0n) is 11.8. The highest BCUT2D eigenvalue weighted by atomic mass is 16.2. The van der Waals surface area contributed by atoms with Crippen LogP contribution in [0, 0.1) is 11.8 Å². The maximum Gasteiger partial charge on any atom is 0.104 e. The molecule has 102 valence electrons.